The lowest BCUT2D eigenvalue weighted by molar-refractivity contribution is -0.134. The topological polar surface area (TPSA) is 39.2 Å². The fourth-order valence-electron chi connectivity index (χ4n) is 2.10. The maximum absolute atomic E-state index is 11.8. The Balaban J connectivity index is 1.49. The van der Waals surface area contributed by atoms with Gasteiger partial charge < -0.3 is 4.74 Å². The summed E-state index contributed by atoms with van der Waals surface area (Å²) in [7, 11) is 0. The molecule has 0 spiro atoms. The Kier molecular flexibility index (Phi) is 4.85. The van der Waals surface area contributed by atoms with Crippen molar-refractivity contribution in [1.82, 2.24) is 4.98 Å². The molecule has 0 N–H and O–H groups in total. The number of aryl methyl sites for hydroxylation is 1. The van der Waals surface area contributed by atoms with E-state index in [2.05, 4.69) is 27.0 Å². The van der Waals surface area contributed by atoms with Gasteiger partial charge in [-0.1, -0.05) is 28.1 Å². The second-order valence-electron chi connectivity index (χ2n) is 4.86. The largest absolute Gasteiger partial charge is 0.427 e. The fraction of sp³-hybridized carbons (Fsp3) is 0.176. The van der Waals surface area contributed by atoms with Crippen molar-refractivity contribution < 1.29 is 9.53 Å². The minimum absolute atomic E-state index is 0.205. The lowest BCUT2D eigenvalue weighted by Gasteiger charge is -2.03. The maximum atomic E-state index is 11.8. The molecule has 1 aromatic heterocycles. The second-order valence-corrected chi connectivity index (χ2v) is 6.89. The predicted octanol–water partition coefficient (Wildman–Crippen LogP) is 4.99. The van der Waals surface area contributed by atoms with Crippen molar-refractivity contribution in [2.45, 2.75) is 19.3 Å². The lowest BCUT2D eigenvalue weighted by Crippen LogP contribution is -2.07. The molecular formula is C17H14BrNO2S. The van der Waals surface area contributed by atoms with Gasteiger partial charge in [-0.2, -0.15) is 0 Å². The Hall–Kier alpha value is -1.72. The number of nitrogens with zero attached hydrogens (tertiary/aromatic N) is 1. The zero-order valence-corrected chi connectivity index (χ0v) is 14.2. The van der Waals surface area contributed by atoms with E-state index in [9.17, 15) is 4.79 Å². The SMILES string of the molecule is O=C(CCCc1nc2ccccc2s1)Oc1ccc(Br)cc1. The number of thiazole rings is 1. The molecule has 0 radical (unpaired) electrons. The van der Waals surface area contributed by atoms with Crippen LogP contribution in [0.15, 0.2) is 53.0 Å². The van der Waals surface area contributed by atoms with Crippen LogP contribution in [0.1, 0.15) is 17.8 Å². The van der Waals surface area contributed by atoms with E-state index < -0.39 is 0 Å². The molecule has 0 aliphatic heterocycles. The third-order valence-electron chi connectivity index (χ3n) is 3.16. The first-order valence-corrected chi connectivity index (χ1v) is 8.62. The average Bonchev–Trinajstić information content (AvgIpc) is 2.92. The molecule has 0 aliphatic rings. The van der Waals surface area contributed by atoms with Crippen LogP contribution in [-0.4, -0.2) is 11.0 Å². The van der Waals surface area contributed by atoms with E-state index in [-0.39, 0.29) is 5.97 Å². The Morgan fingerprint density at radius 1 is 1.14 bits per heavy atom. The van der Waals surface area contributed by atoms with E-state index in [0.29, 0.717) is 12.2 Å². The van der Waals surface area contributed by atoms with Gasteiger partial charge in [0.1, 0.15) is 5.75 Å². The summed E-state index contributed by atoms with van der Waals surface area (Å²) in [6.45, 7) is 0. The standard InChI is InChI=1S/C17H14BrNO2S/c18-12-8-10-13(11-9-12)21-17(20)7-3-6-16-19-14-4-1-2-5-15(14)22-16/h1-2,4-5,8-11H,3,6-7H2. The number of carbonyl (C=O) groups excluding carboxylic acids is 1. The Bertz CT molecular complexity index is 750. The smallest absolute Gasteiger partial charge is 0.311 e. The van der Waals surface area contributed by atoms with Gasteiger partial charge >= 0.3 is 5.97 Å². The Morgan fingerprint density at radius 2 is 1.91 bits per heavy atom. The van der Waals surface area contributed by atoms with E-state index >= 15 is 0 Å². The molecule has 3 nitrogen and oxygen atoms in total. The van der Waals surface area contributed by atoms with Crippen molar-refractivity contribution >= 4 is 43.5 Å². The molecule has 22 heavy (non-hydrogen) atoms. The first kappa shape index (κ1) is 15.2. The van der Waals surface area contributed by atoms with Crippen LogP contribution in [0.3, 0.4) is 0 Å². The van der Waals surface area contributed by atoms with E-state index in [1.54, 1.807) is 23.5 Å². The predicted molar refractivity (Wildman–Crippen MR) is 92.3 cm³/mol. The second kappa shape index (κ2) is 7.03. The number of ether oxygens (including phenoxy) is 1. The summed E-state index contributed by atoms with van der Waals surface area (Å²) >= 11 is 5.03. The number of fused-ring (bicyclic) bond motifs is 1. The van der Waals surface area contributed by atoms with Crippen LogP contribution in [0, 0.1) is 0 Å². The molecular weight excluding hydrogens is 362 g/mol. The van der Waals surface area contributed by atoms with Crippen LogP contribution in [0.5, 0.6) is 5.75 Å². The van der Waals surface area contributed by atoms with Crippen molar-refractivity contribution in [1.29, 1.82) is 0 Å². The van der Waals surface area contributed by atoms with Crippen LogP contribution < -0.4 is 4.74 Å². The Morgan fingerprint density at radius 3 is 2.68 bits per heavy atom. The summed E-state index contributed by atoms with van der Waals surface area (Å²) in [5.41, 5.74) is 1.03. The number of para-hydroxylation sites is 1. The molecule has 3 aromatic rings. The summed E-state index contributed by atoms with van der Waals surface area (Å²) in [6.07, 6.45) is 1.94. The van der Waals surface area contributed by atoms with Gasteiger partial charge in [0.15, 0.2) is 0 Å². The van der Waals surface area contributed by atoms with Crippen LogP contribution >= 0.6 is 27.3 Å². The summed E-state index contributed by atoms with van der Waals surface area (Å²) in [5.74, 6) is 0.372. The highest BCUT2D eigenvalue weighted by molar-refractivity contribution is 9.10. The molecule has 112 valence electrons. The van der Waals surface area contributed by atoms with Gasteiger partial charge in [0.2, 0.25) is 0 Å². The van der Waals surface area contributed by atoms with Crippen LogP contribution in [-0.2, 0) is 11.2 Å². The zero-order chi connectivity index (χ0) is 15.4. The zero-order valence-electron chi connectivity index (χ0n) is 11.8. The number of hydrogen-bond donors (Lipinski definition) is 0. The van der Waals surface area contributed by atoms with Crippen LogP contribution in [0.4, 0.5) is 0 Å². The molecule has 0 aliphatic carbocycles. The highest BCUT2D eigenvalue weighted by Gasteiger charge is 2.07. The molecule has 2 aromatic carbocycles. The van der Waals surface area contributed by atoms with Gasteiger partial charge in [-0.3, -0.25) is 4.79 Å². The van der Waals surface area contributed by atoms with Gasteiger partial charge in [-0.15, -0.1) is 11.3 Å². The van der Waals surface area contributed by atoms with Crippen molar-refractivity contribution in [2.75, 3.05) is 0 Å². The molecule has 0 unspecified atom stereocenters. The van der Waals surface area contributed by atoms with Gasteiger partial charge in [0.25, 0.3) is 0 Å². The summed E-state index contributed by atoms with van der Waals surface area (Å²) < 4.78 is 7.44. The highest BCUT2D eigenvalue weighted by atomic mass is 79.9. The molecule has 0 bridgehead atoms. The van der Waals surface area contributed by atoms with Gasteiger partial charge in [0.05, 0.1) is 15.2 Å². The van der Waals surface area contributed by atoms with E-state index in [0.717, 1.165) is 27.8 Å². The molecule has 0 saturated heterocycles. The minimum atomic E-state index is -0.205. The Labute approximate surface area is 141 Å². The third-order valence-corrected chi connectivity index (χ3v) is 4.78. The number of halogens is 1. The molecule has 0 atom stereocenters. The van der Waals surface area contributed by atoms with E-state index in [1.165, 1.54) is 4.70 Å². The van der Waals surface area contributed by atoms with Crippen molar-refractivity contribution in [2.24, 2.45) is 0 Å². The molecule has 0 fully saturated rings. The van der Waals surface area contributed by atoms with Crippen molar-refractivity contribution in [3.8, 4) is 5.75 Å². The molecule has 3 rings (SSSR count). The minimum Gasteiger partial charge on any atom is -0.427 e. The fourth-order valence-corrected chi connectivity index (χ4v) is 3.37. The van der Waals surface area contributed by atoms with Crippen molar-refractivity contribution in [3.05, 3.63) is 58.0 Å². The highest BCUT2D eigenvalue weighted by Crippen LogP contribution is 2.23. The van der Waals surface area contributed by atoms with Crippen molar-refractivity contribution in [3.63, 3.8) is 0 Å². The first-order chi connectivity index (χ1) is 10.7. The number of carbonyl (C=O) groups is 1. The normalized spacial score (nSPS) is 10.8. The molecule has 0 saturated carbocycles. The number of hydrogen-bond acceptors (Lipinski definition) is 4. The number of aromatic nitrogens is 1. The van der Waals surface area contributed by atoms with Gasteiger partial charge in [0, 0.05) is 10.9 Å². The molecule has 0 amide bonds. The van der Waals surface area contributed by atoms with Gasteiger partial charge in [-0.05, 0) is 49.2 Å². The lowest BCUT2D eigenvalue weighted by atomic mass is 10.2. The average molecular weight is 376 g/mol. The van der Waals surface area contributed by atoms with E-state index in [1.807, 2.05) is 30.3 Å². The number of benzene rings is 2. The molecule has 1 heterocycles. The summed E-state index contributed by atoms with van der Waals surface area (Å²) in [6, 6.07) is 15.3. The third kappa shape index (κ3) is 3.93. The summed E-state index contributed by atoms with van der Waals surface area (Å²) in [5, 5.41) is 1.07. The van der Waals surface area contributed by atoms with Crippen LogP contribution in [0.2, 0.25) is 0 Å². The number of esters is 1. The first-order valence-electron chi connectivity index (χ1n) is 7.01. The maximum Gasteiger partial charge on any atom is 0.311 e. The monoisotopic (exact) mass is 375 g/mol. The van der Waals surface area contributed by atoms with Gasteiger partial charge in [-0.25, -0.2) is 4.98 Å². The number of rotatable bonds is 5. The quantitative estimate of drug-likeness (QED) is 0.465. The summed E-state index contributed by atoms with van der Waals surface area (Å²) in [4.78, 5) is 16.4. The molecule has 5 heteroatoms. The van der Waals surface area contributed by atoms with Crippen LogP contribution in [0.25, 0.3) is 10.2 Å². The van der Waals surface area contributed by atoms with E-state index in [4.69, 9.17) is 4.74 Å².